The van der Waals surface area contributed by atoms with E-state index in [9.17, 15) is 4.79 Å². The monoisotopic (exact) mass is 432 g/mol. The normalized spacial score (nSPS) is 11.8. The summed E-state index contributed by atoms with van der Waals surface area (Å²) in [4.78, 5) is 12.6. The number of hydrogen-bond acceptors (Lipinski definition) is 5. The van der Waals surface area contributed by atoms with Crippen molar-refractivity contribution in [3.8, 4) is 17.2 Å². The van der Waals surface area contributed by atoms with Gasteiger partial charge in [-0.05, 0) is 53.2 Å². The first-order chi connectivity index (χ1) is 14.7. The molecule has 2 aromatic rings. The lowest BCUT2D eigenvalue weighted by molar-refractivity contribution is 0.132. The zero-order valence-electron chi connectivity index (χ0n) is 20.2. The van der Waals surface area contributed by atoms with Crippen LogP contribution in [0.1, 0.15) is 92.9 Å². The van der Waals surface area contributed by atoms with Gasteiger partial charge in [0.1, 0.15) is 22.3 Å². The van der Waals surface area contributed by atoms with Crippen molar-refractivity contribution in [3.63, 3.8) is 0 Å². The number of fused-ring (bicyclic) bond motifs is 1. The third-order valence-electron chi connectivity index (χ3n) is 4.82. The molecule has 1 aromatic heterocycles. The van der Waals surface area contributed by atoms with Crippen molar-refractivity contribution in [2.45, 2.75) is 105 Å². The molecule has 0 aliphatic rings. The van der Waals surface area contributed by atoms with Crippen LogP contribution in [-0.2, 0) is 0 Å². The summed E-state index contributed by atoms with van der Waals surface area (Å²) in [6.07, 6.45) is 9.56. The molecule has 0 aliphatic carbocycles. The van der Waals surface area contributed by atoms with E-state index in [-0.39, 0.29) is 11.9 Å². The minimum Gasteiger partial charge on any atom is -0.489 e. The predicted octanol–water partition coefficient (Wildman–Crippen LogP) is 7.28. The van der Waals surface area contributed by atoms with Gasteiger partial charge >= 0.3 is 5.63 Å². The van der Waals surface area contributed by atoms with Gasteiger partial charge in [-0.2, -0.15) is 0 Å². The molecular formula is C26H40O5. The fraction of sp³-hybridized carbons (Fsp3) is 0.654. The molecule has 0 unspecified atom stereocenters. The van der Waals surface area contributed by atoms with Crippen molar-refractivity contribution in [2.24, 2.45) is 0 Å². The molecule has 0 saturated heterocycles. The SMILES string of the molecule is CCCCCCCCCCOc1c(OC(C)C)c(=O)oc2cccc(OC(C)(C)C)c12. The topological polar surface area (TPSA) is 57.9 Å². The molecule has 0 atom stereocenters. The second-order valence-corrected chi connectivity index (χ2v) is 9.38. The van der Waals surface area contributed by atoms with Crippen LogP contribution in [0.4, 0.5) is 0 Å². The highest BCUT2D eigenvalue weighted by Crippen LogP contribution is 2.40. The molecule has 5 heteroatoms. The molecule has 5 nitrogen and oxygen atoms in total. The summed E-state index contributed by atoms with van der Waals surface area (Å²) in [5, 5.41) is 0.646. The Hall–Kier alpha value is -2.17. The van der Waals surface area contributed by atoms with Crippen molar-refractivity contribution in [1.29, 1.82) is 0 Å². The third-order valence-corrected chi connectivity index (χ3v) is 4.82. The molecule has 0 N–H and O–H groups in total. The molecule has 31 heavy (non-hydrogen) atoms. The number of ether oxygens (including phenoxy) is 3. The zero-order chi connectivity index (χ0) is 22.9. The summed E-state index contributed by atoms with van der Waals surface area (Å²) in [6.45, 7) is 12.5. The van der Waals surface area contributed by atoms with E-state index in [2.05, 4.69) is 6.92 Å². The van der Waals surface area contributed by atoms with Crippen LogP contribution < -0.4 is 19.8 Å². The van der Waals surface area contributed by atoms with E-state index in [0.717, 1.165) is 12.8 Å². The molecule has 0 radical (unpaired) electrons. The van der Waals surface area contributed by atoms with Crippen molar-refractivity contribution < 1.29 is 18.6 Å². The standard InChI is InChI=1S/C26H40O5/c1-7-8-9-10-11-12-13-14-18-28-23-22-20(30-25(27)24(23)29-19(2)3)16-15-17-21(22)31-26(4,5)6/h15-17,19H,7-14,18H2,1-6H3. The summed E-state index contributed by atoms with van der Waals surface area (Å²) in [5.74, 6) is 1.16. The van der Waals surface area contributed by atoms with E-state index in [4.69, 9.17) is 18.6 Å². The Labute approximate surface area is 187 Å². The average Bonchev–Trinajstić information content (AvgIpc) is 2.67. The third kappa shape index (κ3) is 8.12. The van der Waals surface area contributed by atoms with Gasteiger partial charge in [-0.15, -0.1) is 0 Å². The van der Waals surface area contributed by atoms with Crippen LogP contribution in [0.2, 0.25) is 0 Å². The van der Waals surface area contributed by atoms with Crippen LogP contribution >= 0.6 is 0 Å². The van der Waals surface area contributed by atoms with Crippen LogP contribution in [0.25, 0.3) is 11.0 Å². The lowest BCUT2D eigenvalue weighted by Crippen LogP contribution is -2.23. The smallest absolute Gasteiger partial charge is 0.383 e. The Kier molecular flexibility index (Phi) is 9.73. The summed E-state index contributed by atoms with van der Waals surface area (Å²) in [5.41, 5.74) is -0.493. The first kappa shape index (κ1) is 25.1. The van der Waals surface area contributed by atoms with Gasteiger partial charge in [-0.1, -0.05) is 57.9 Å². The van der Waals surface area contributed by atoms with Crippen LogP contribution in [-0.4, -0.2) is 18.3 Å². The summed E-state index contributed by atoms with van der Waals surface area (Å²) < 4.78 is 23.7. The van der Waals surface area contributed by atoms with Crippen LogP contribution in [0, 0.1) is 0 Å². The van der Waals surface area contributed by atoms with Gasteiger partial charge in [0.25, 0.3) is 0 Å². The number of benzene rings is 1. The fourth-order valence-electron chi connectivity index (χ4n) is 3.47. The number of hydrogen-bond donors (Lipinski definition) is 0. The minimum absolute atomic E-state index is 0.118. The highest BCUT2D eigenvalue weighted by atomic mass is 16.5. The van der Waals surface area contributed by atoms with E-state index in [1.54, 1.807) is 6.07 Å². The molecule has 0 spiro atoms. The van der Waals surface area contributed by atoms with Crippen molar-refractivity contribution >= 4 is 11.0 Å². The van der Waals surface area contributed by atoms with Gasteiger partial charge in [0, 0.05) is 0 Å². The first-order valence-electron chi connectivity index (χ1n) is 11.8. The molecule has 0 saturated carbocycles. The fourth-order valence-corrected chi connectivity index (χ4v) is 3.47. The van der Waals surface area contributed by atoms with E-state index in [1.165, 1.54) is 38.5 Å². The molecule has 1 aromatic carbocycles. The van der Waals surface area contributed by atoms with E-state index >= 15 is 0 Å². The van der Waals surface area contributed by atoms with Gasteiger partial charge in [0.2, 0.25) is 5.75 Å². The summed E-state index contributed by atoms with van der Waals surface area (Å²) in [6, 6.07) is 5.45. The Morgan fingerprint density at radius 3 is 2.19 bits per heavy atom. The average molecular weight is 433 g/mol. The van der Waals surface area contributed by atoms with Crippen LogP contribution in [0.15, 0.2) is 27.4 Å². The lowest BCUT2D eigenvalue weighted by atomic mass is 10.1. The van der Waals surface area contributed by atoms with Crippen molar-refractivity contribution in [1.82, 2.24) is 0 Å². The zero-order valence-corrected chi connectivity index (χ0v) is 20.2. The summed E-state index contributed by atoms with van der Waals surface area (Å²) >= 11 is 0. The van der Waals surface area contributed by atoms with E-state index < -0.39 is 11.2 Å². The van der Waals surface area contributed by atoms with Gasteiger partial charge in [0.05, 0.1) is 12.7 Å². The Morgan fingerprint density at radius 1 is 0.935 bits per heavy atom. The molecule has 0 aliphatic heterocycles. The van der Waals surface area contributed by atoms with Crippen molar-refractivity contribution in [3.05, 3.63) is 28.6 Å². The molecule has 0 bridgehead atoms. The molecule has 0 fully saturated rings. The first-order valence-corrected chi connectivity index (χ1v) is 11.8. The molecular weight excluding hydrogens is 392 g/mol. The van der Waals surface area contributed by atoms with E-state index in [0.29, 0.717) is 29.1 Å². The molecule has 174 valence electrons. The van der Waals surface area contributed by atoms with Crippen LogP contribution in [0.5, 0.6) is 17.2 Å². The molecule has 2 rings (SSSR count). The Morgan fingerprint density at radius 2 is 1.58 bits per heavy atom. The molecule has 0 amide bonds. The van der Waals surface area contributed by atoms with Crippen molar-refractivity contribution in [2.75, 3.05) is 6.61 Å². The maximum atomic E-state index is 12.6. The van der Waals surface area contributed by atoms with E-state index in [1.807, 2.05) is 46.8 Å². The quantitative estimate of drug-likeness (QED) is 0.246. The Balaban J connectivity index is 2.21. The number of rotatable bonds is 13. The number of unbranched alkanes of at least 4 members (excludes halogenated alkanes) is 7. The maximum Gasteiger partial charge on any atom is 0.383 e. The van der Waals surface area contributed by atoms with Gasteiger partial charge in [-0.25, -0.2) is 4.79 Å². The highest BCUT2D eigenvalue weighted by Gasteiger charge is 2.24. The van der Waals surface area contributed by atoms with Crippen LogP contribution in [0.3, 0.4) is 0 Å². The summed E-state index contributed by atoms with van der Waals surface area (Å²) in [7, 11) is 0. The second kappa shape index (κ2) is 12.0. The van der Waals surface area contributed by atoms with Gasteiger partial charge in [0.15, 0.2) is 5.75 Å². The largest absolute Gasteiger partial charge is 0.489 e. The second-order valence-electron chi connectivity index (χ2n) is 9.38. The maximum absolute atomic E-state index is 12.6. The van der Waals surface area contributed by atoms with Gasteiger partial charge < -0.3 is 18.6 Å². The predicted molar refractivity (Wildman–Crippen MR) is 127 cm³/mol. The highest BCUT2D eigenvalue weighted by molar-refractivity contribution is 5.91. The van der Waals surface area contributed by atoms with Gasteiger partial charge in [-0.3, -0.25) is 0 Å². The lowest BCUT2D eigenvalue weighted by Gasteiger charge is -2.23. The minimum atomic E-state index is -0.528. The Bertz CT molecular complexity index is 860. The molecule has 1 heterocycles.